The van der Waals surface area contributed by atoms with Crippen LogP contribution in [-0.2, 0) is 11.2 Å². The lowest BCUT2D eigenvalue weighted by atomic mass is 9.87. The fourth-order valence-electron chi connectivity index (χ4n) is 4.75. The Morgan fingerprint density at radius 1 is 1.18 bits per heavy atom. The van der Waals surface area contributed by atoms with E-state index in [0.717, 1.165) is 36.8 Å². The van der Waals surface area contributed by atoms with Crippen molar-refractivity contribution in [2.45, 2.75) is 31.2 Å². The fraction of sp³-hybridized carbons (Fsp3) is 0.318. The molecule has 1 aromatic heterocycles. The van der Waals surface area contributed by atoms with Gasteiger partial charge in [0.25, 0.3) is 5.91 Å². The van der Waals surface area contributed by atoms with Crippen LogP contribution in [0.5, 0.6) is 0 Å². The van der Waals surface area contributed by atoms with E-state index in [2.05, 4.69) is 9.97 Å². The monoisotopic (exact) mass is 375 g/mol. The molecular formula is C22H21N3O3. The molecule has 0 radical (unpaired) electrons. The number of aromatic amines is 1. The number of methoxy groups -OCH3 is 1. The van der Waals surface area contributed by atoms with E-state index < -0.39 is 0 Å². The number of nitrogens with one attached hydrogen (secondary N) is 1. The third-order valence-electron chi connectivity index (χ3n) is 6.10. The number of benzene rings is 2. The van der Waals surface area contributed by atoms with E-state index >= 15 is 0 Å². The molecule has 2 aliphatic rings. The van der Waals surface area contributed by atoms with Crippen molar-refractivity contribution in [3.8, 4) is 0 Å². The molecule has 0 saturated carbocycles. The maximum atomic E-state index is 13.3. The molecule has 1 aliphatic heterocycles. The second kappa shape index (κ2) is 6.48. The zero-order chi connectivity index (χ0) is 19.3. The predicted molar refractivity (Wildman–Crippen MR) is 104 cm³/mol. The van der Waals surface area contributed by atoms with Crippen LogP contribution in [0.25, 0.3) is 11.0 Å². The van der Waals surface area contributed by atoms with Gasteiger partial charge in [-0.05, 0) is 60.7 Å². The molecule has 5 rings (SSSR count). The summed E-state index contributed by atoms with van der Waals surface area (Å²) >= 11 is 0. The van der Waals surface area contributed by atoms with Crippen molar-refractivity contribution in [1.29, 1.82) is 0 Å². The van der Waals surface area contributed by atoms with Crippen molar-refractivity contribution in [3.05, 3.63) is 65.0 Å². The van der Waals surface area contributed by atoms with Crippen LogP contribution in [0.3, 0.4) is 0 Å². The minimum absolute atomic E-state index is 0.0622. The average Bonchev–Trinajstić information content (AvgIpc) is 3.35. The van der Waals surface area contributed by atoms with Gasteiger partial charge < -0.3 is 14.6 Å². The van der Waals surface area contributed by atoms with Crippen LogP contribution in [0.2, 0.25) is 0 Å². The molecule has 1 amide bonds. The van der Waals surface area contributed by atoms with Gasteiger partial charge in [0.15, 0.2) is 0 Å². The molecule has 1 aliphatic carbocycles. The molecule has 2 unspecified atom stereocenters. The van der Waals surface area contributed by atoms with Crippen LogP contribution >= 0.6 is 0 Å². The first kappa shape index (κ1) is 17.0. The number of likely N-dealkylation sites (tertiary alicyclic amines) is 1. The number of aromatic nitrogens is 2. The molecule has 6 heteroatoms. The number of rotatable bonds is 2. The van der Waals surface area contributed by atoms with Crippen molar-refractivity contribution < 1.29 is 14.3 Å². The quantitative estimate of drug-likeness (QED) is 0.698. The highest BCUT2D eigenvalue weighted by molar-refractivity contribution is 5.97. The second-order valence-corrected chi connectivity index (χ2v) is 7.56. The Balaban J connectivity index is 1.46. The SMILES string of the molecule is COC(=O)c1ccc2c(c1)C1CCCN(C(=O)c3ccc4nc[nH]c4c3)C1C2. The summed E-state index contributed by atoms with van der Waals surface area (Å²) in [6.45, 7) is 0.763. The van der Waals surface area contributed by atoms with Crippen molar-refractivity contribution in [3.63, 3.8) is 0 Å². The summed E-state index contributed by atoms with van der Waals surface area (Å²) in [4.78, 5) is 34.5. The molecule has 2 atom stereocenters. The minimum Gasteiger partial charge on any atom is -0.465 e. The summed E-state index contributed by atoms with van der Waals surface area (Å²) in [5, 5.41) is 0. The van der Waals surface area contributed by atoms with E-state index in [1.54, 1.807) is 6.33 Å². The number of H-pyrrole nitrogens is 1. The molecule has 1 fully saturated rings. The van der Waals surface area contributed by atoms with E-state index in [1.807, 2.05) is 41.3 Å². The number of hydrogen-bond donors (Lipinski definition) is 1. The van der Waals surface area contributed by atoms with Crippen LogP contribution in [0, 0.1) is 0 Å². The number of ether oxygens (including phenoxy) is 1. The number of carbonyl (C=O) groups excluding carboxylic acids is 2. The van der Waals surface area contributed by atoms with E-state index in [0.29, 0.717) is 11.1 Å². The first-order valence-corrected chi connectivity index (χ1v) is 9.61. The van der Waals surface area contributed by atoms with E-state index in [9.17, 15) is 9.59 Å². The first-order valence-electron chi connectivity index (χ1n) is 9.61. The Morgan fingerprint density at radius 3 is 2.89 bits per heavy atom. The summed E-state index contributed by atoms with van der Waals surface area (Å²) in [6, 6.07) is 11.5. The van der Waals surface area contributed by atoms with Crippen LogP contribution < -0.4 is 0 Å². The van der Waals surface area contributed by atoms with Crippen LogP contribution in [0.4, 0.5) is 0 Å². The van der Waals surface area contributed by atoms with Crippen molar-refractivity contribution in [2.24, 2.45) is 0 Å². The van der Waals surface area contributed by atoms with Gasteiger partial charge in [0.05, 0.1) is 30.0 Å². The highest BCUT2D eigenvalue weighted by Gasteiger charge is 2.41. The smallest absolute Gasteiger partial charge is 0.337 e. The zero-order valence-corrected chi connectivity index (χ0v) is 15.6. The second-order valence-electron chi connectivity index (χ2n) is 7.56. The van der Waals surface area contributed by atoms with Gasteiger partial charge in [-0.15, -0.1) is 0 Å². The maximum absolute atomic E-state index is 13.3. The van der Waals surface area contributed by atoms with Crippen molar-refractivity contribution in [1.82, 2.24) is 14.9 Å². The molecule has 0 spiro atoms. The molecule has 1 saturated heterocycles. The van der Waals surface area contributed by atoms with Gasteiger partial charge in [0, 0.05) is 24.1 Å². The van der Waals surface area contributed by atoms with Gasteiger partial charge in [0.2, 0.25) is 0 Å². The number of esters is 1. The third-order valence-corrected chi connectivity index (χ3v) is 6.10. The highest BCUT2D eigenvalue weighted by atomic mass is 16.5. The minimum atomic E-state index is -0.317. The van der Waals surface area contributed by atoms with Gasteiger partial charge >= 0.3 is 5.97 Å². The number of fused-ring (bicyclic) bond motifs is 4. The normalized spacial score (nSPS) is 20.7. The molecule has 2 heterocycles. The summed E-state index contributed by atoms with van der Waals surface area (Å²) < 4.78 is 4.87. The molecule has 28 heavy (non-hydrogen) atoms. The Kier molecular flexibility index (Phi) is 3.93. The molecule has 142 valence electrons. The standard InChI is InChI=1S/C22H21N3O3/c1-28-22(27)15-5-4-13-11-20-16(17(13)9-15)3-2-8-25(20)21(26)14-6-7-18-19(10-14)24-12-23-18/h4-7,9-10,12,16,20H,2-3,8,11H2,1H3,(H,23,24). The zero-order valence-electron chi connectivity index (χ0n) is 15.6. The Hall–Kier alpha value is -3.15. The average molecular weight is 375 g/mol. The highest BCUT2D eigenvalue weighted by Crippen LogP contribution is 2.43. The van der Waals surface area contributed by atoms with Gasteiger partial charge in [-0.1, -0.05) is 6.07 Å². The molecular weight excluding hydrogens is 354 g/mol. The lowest BCUT2D eigenvalue weighted by Gasteiger charge is -2.38. The third kappa shape index (κ3) is 2.59. The lowest BCUT2D eigenvalue weighted by molar-refractivity contribution is 0.0585. The van der Waals surface area contributed by atoms with Crippen LogP contribution in [0.15, 0.2) is 42.7 Å². The van der Waals surface area contributed by atoms with E-state index in [4.69, 9.17) is 4.74 Å². The Morgan fingerprint density at radius 2 is 2.04 bits per heavy atom. The van der Waals surface area contributed by atoms with Gasteiger partial charge in [-0.25, -0.2) is 9.78 Å². The van der Waals surface area contributed by atoms with E-state index in [1.165, 1.54) is 18.2 Å². The molecule has 6 nitrogen and oxygen atoms in total. The Labute approximate surface area is 162 Å². The van der Waals surface area contributed by atoms with Crippen LogP contribution in [-0.4, -0.2) is 46.4 Å². The summed E-state index contributed by atoms with van der Waals surface area (Å²) in [5.41, 5.74) is 5.41. The van der Waals surface area contributed by atoms with Crippen LogP contribution in [0.1, 0.15) is 50.6 Å². The number of imidazole rings is 1. The summed E-state index contributed by atoms with van der Waals surface area (Å²) in [6.07, 6.45) is 4.47. The first-order chi connectivity index (χ1) is 13.7. The van der Waals surface area contributed by atoms with Crippen molar-refractivity contribution >= 4 is 22.9 Å². The van der Waals surface area contributed by atoms with Gasteiger partial charge in [-0.3, -0.25) is 4.79 Å². The van der Waals surface area contributed by atoms with Gasteiger partial charge in [0.1, 0.15) is 0 Å². The molecule has 0 bridgehead atoms. The number of nitrogens with zero attached hydrogens (tertiary/aromatic N) is 2. The van der Waals surface area contributed by atoms with Gasteiger partial charge in [-0.2, -0.15) is 0 Å². The van der Waals surface area contributed by atoms with E-state index in [-0.39, 0.29) is 23.8 Å². The topological polar surface area (TPSA) is 75.3 Å². The number of amides is 1. The summed E-state index contributed by atoms with van der Waals surface area (Å²) in [5.74, 6) is 0.0169. The number of piperidine rings is 1. The fourth-order valence-corrected chi connectivity index (χ4v) is 4.75. The lowest BCUT2D eigenvalue weighted by Crippen LogP contribution is -2.46. The number of carbonyl (C=O) groups is 2. The van der Waals surface area contributed by atoms with Crippen molar-refractivity contribution in [2.75, 3.05) is 13.7 Å². The molecule has 3 aromatic rings. The summed E-state index contributed by atoms with van der Waals surface area (Å²) in [7, 11) is 1.40. The predicted octanol–water partition coefficient (Wildman–Crippen LogP) is 3.29. The maximum Gasteiger partial charge on any atom is 0.337 e. The number of hydrogen-bond acceptors (Lipinski definition) is 4. The molecule has 2 aromatic carbocycles. The Bertz CT molecular complexity index is 1090. The largest absolute Gasteiger partial charge is 0.465 e. The molecule has 1 N–H and O–H groups in total.